The predicted molar refractivity (Wildman–Crippen MR) is 101 cm³/mol. The average molecular weight is 381 g/mol. The molecule has 3 heterocycles. The van der Waals surface area contributed by atoms with Crippen molar-refractivity contribution in [3.05, 3.63) is 70.6 Å². The topological polar surface area (TPSA) is 81.5 Å². The van der Waals surface area contributed by atoms with Gasteiger partial charge in [0.25, 0.3) is 0 Å². The molecule has 1 aromatic carbocycles. The van der Waals surface area contributed by atoms with Gasteiger partial charge in [0.1, 0.15) is 11.9 Å². The Morgan fingerprint density at radius 1 is 0.962 bits per heavy atom. The number of hydrogen-bond donors (Lipinski definition) is 1. The van der Waals surface area contributed by atoms with Gasteiger partial charge in [-0.25, -0.2) is 9.97 Å². The van der Waals surface area contributed by atoms with Crippen LogP contribution >= 0.6 is 23.2 Å². The van der Waals surface area contributed by atoms with Gasteiger partial charge in [-0.05, 0) is 30.3 Å². The van der Waals surface area contributed by atoms with Crippen molar-refractivity contribution in [3.8, 4) is 6.07 Å². The van der Waals surface area contributed by atoms with Gasteiger partial charge in [0.15, 0.2) is 5.82 Å². The van der Waals surface area contributed by atoms with Gasteiger partial charge in [-0.15, -0.1) is 0 Å². The fourth-order valence-corrected chi connectivity index (χ4v) is 3.28. The van der Waals surface area contributed by atoms with Crippen LogP contribution in [0.25, 0.3) is 10.9 Å². The zero-order valence-electron chi connectivity index (χ0n) is 13.2. The Hall–Kier alpha value is -3.14. The van der Waals surface area contributed by atoms with E-state index in [-0.39, 0.29) is 0 Å². The van der Waals surface area contributed by atoms with Crippen LogP contribution < -0.4 is 4.90 Å². The Balaban J connectivity index is 2.09. The van der Waals surface area contributed by atoms with Crippen LogP contribution in [-0.2, 0) is 0 Å². The highest BCUT2D eigenvalue weighted by Crippen LogP contribution is 2.44. The molecule has 0 saturated heterocycles. The lowest BCUT2D eigenvalue weighted by Crippen LogP contribution is -2.15. The molecule has 8 heteroatoms. The van der Waals surface area contributed by atoms with E-state index in [0.29, 0.717) is 32.9 Å². The number of nitriles is 1. The number of halogens is 2. The molecule has 0 fully saturated rings. The van der Waals surface area contributed by atoms with Crippen molar-refractivity contribution >= 4 is 51.4 Å². The maximum Gasteiger partial charge on any atom is 0.156 e. The predicted octanol–water partition coefficient (Wildman–Crippen LogP) is 5.00. The summed E-state index contributed by atoms with van der Waals surface area (Å²) in [6.07, 6.45) is 4.90. The summed E-state index contributed by atoms with van der Waals surface area (Å²) in [5.74, 6) is 0.896. The van der Waals surface area contributed by atoms with Gasteiger partial charge >= 0.3 is 0 Å². The third kappa shape index (κ3) is 2.64. The monoisotopic (exact) mass is 380 g/mol. The second-order valence-corrected chi connectivity index (χ2v) is 6.17. The van der Waals surface area contributed by atoms with Crippen molar-refractivity contribution in [3.63, 3.8) is 0 Å². The van der Waals surface area contributed by atoms with Gasteiger partial charge in [0.2, 0.25) is 0 Å². The molecule has 0 spiro atoms. The van der Waals surface area contributed by atoms with E-state index in [9.17, 15) is 5.26 Å². The Morgan fingerprint density at radius 2 is 1.73 bits per heavy atom. The molecule has 126 valence electrons. The quantitative estimate of drug-likeness (QED) is 0.540. The minimum absolute atomic E-state index is 0.366. The Morgan fingerprint density at radius 3 is 2.50 bits per heavy atom. The zero-order valence-corrected chi connectivity index (χ0v) is 14.7. The van der Waals surface area contributed by atoms with Crippen LogP contribution in [0.4, 0.5) is 17.3 Å². The Kier molecular flexibility index (Phi) is 4.17. The van der Waals surface area contributed by atoms with Gasteiger partial charge in [-0.3, -0.25) is 10.00 Å². The van der Waals surface area contributed by atoms with E-state index in [1.165, 1.54) is 0 Å². The number of anilines is 3. The number of aromatic amines is 1. The average Bonchev–Trinajstić information content (AvgIpc) is 3.14. The van der Waals surface area contributed by atoms with Crippen molar-refractivity contribution in [2.24, 2.45) is 0 Å². The van der Waals surface area contributed by atoms with E-state index >= 15 is 0 Å². The van der Waals surface area contributed by atoms with Crippen LogP contribution in [0, 0.1) is 11.3 Å². The van der Waals surface area contributed by atoms with Gasteiger partial charge in [-0.1, -0.05) is 29.3 Å². The fourth-order valence-electron chi connectivity index (χ4n) is 2.71. The molecule has 1 N–H and O–H groups in total. The highest BCUT2D eigenvalue weighted by Gasteiger charge is 2.25. The number of pyridine rings is 2. The lowest BCUT2D eigenvalue weighted by Gasteiger charge is -2.26. The van der Waals surface area contributed by atoms with E-state index < -0.39 is 0 Å². The molecule has 0 aliphatic heterocycles. The molecule has 3 aromatic heterocycles. The maximum absolute atomic E-state index is 9.55. The number of aromatic nitrogens is 4. The molecule has 0 radical (unpaired) electrons. The molecule has 0 aliphatic carbocycles. The van der Waals surface area contributed by atoms with Crippen molar-refractivity contribution in [2.45, 2.75) is 0 Å². The van der Waals surface area contributed by atoms with Gasteiger partial charge in [0, 0.05) is 12.4 Å². The number of H-pyrrole nitrogens is 1. The Bertz CT molecular complexity index is 1130. The molecule has 0 saturated carbocycles. The third-order valence-corrected chi connectivity index (χ3v) is 4.45. The summed E-state index contributed by atoms with van der Waals surface area (Å²) < 4.78 is 0. The summed E-state index contributed by atoms with van der Waals surface area (Å²) in [7, 11) is 0. The van der Waals surface area contributed by atoms with Gasteiger partial charge < -0.3 is 0 Å². The lowest BCUT2D eigenvalue weighted by molar-refractivity contribution is 1.12. The minimum Gasteiger partial charge on any atom is -0.278 e. The number of rotatable bonds is 3. The largest absolute Gasteiger partial charge is 0.278 e. The molecule has 4 rings (SSSR count). The fraction of sp³-hybridized carbons (Fsp3) is 0. The smallest absolute Gasteiger partial charge is 0.156 e. The summed E-state index contributed by atoms with van der Waals surface area (Å²) in [6, 6.07) is 12.5. The van der Waals surface area contributed by atoms with Crippen molar-refractivity contribution < 1.29 is 0 Å². The summed E-state index contributed by atoms with van der Waals surface area (Å²) >= 11 is 12.9. The van der Waals surface area contributed by atoms with Crippen LogP contribution in [0.5, 0.6) is 0 Å². The van der Waals surface area contributed by atoms with E-state index in [1.807, 2.05) is 6.07 Å². The van der Waals surface area contributed by atoms with E-state index in [0.717, 1.165) is 10.9 Å². The van der Waals surface area contributed by atoms with Crippen LogP contribution in [0.2, 0.25) is 10.0 Å². The first-order chi connectivity index (χ1) is 12.7. The van der Waals surface area contributed by atoms with E-state index in [2.05, 4.69) is 26.2 Å². The maximum atomic E-state index is 9.55. The molecule has 4 aromatic rings. The molecule has 0 bridgehead atoms. The molecule has 0 unspecified atom stereocenters. The number of para-hydroxylation sites is 1. The molecule has 0 aliphatic rings. The van der Waals surface area contributed by atoms with Crippen molar-refractivity contribution in [1.82, 2.24) is 20.2 Å². The SMILES string of the molecule is N#Cc1cccnc1N(c1c(Cl)cccc1Cl)c1nccc2[nH]ncc12. The van der Waals surface area contributed by atoms with Crippen molar-refractivity contribution in [2.75, 3.05) is 4.90 Å². The minimum atomic E-state index is 0.366. The lowest BCUT2D eigenvalue weighted by atomic mass is 10.2. The number of fused-ring (bicyclic) bond motifs is 1. The first-order valence-electron chi connectivity index (χ1n) is 7.58. The first kappa shape index (κ1) is 16.3. The summed E-state index contributed by atoms with van der Waals surface area (Å²) in [4.78, 5) is 10.6. The molecule has 0 atom stereocenters. The number of nitrogens with zero attached hydrogens (tertiary/aromatic N) is 5. The Labute approximate surface area is 158 Å². The molecule has 0 amide bonds. The summed E-state index contributed by atoms with van der Waals surface area (Å²) in [5.41, 5.74) is 1.65. The van der Waals surface area contributed by atoms with Gasteiger partial charge in [-0.2, -0.15) is 10.4 Å². The van der Waals surface area contributed by atoms with Crippen LogP contribution in [0.1, 0.15) is 5.56 Å². The third-order valence-electron chi connectivity index (χ3n) is 3.84. The summed E-state index contributed by atoms with van der Waals surface area (Å²) in [5, 5.41) is 18.1. The summed E-state index contributed by atoms with van der Waals surface area (Å²) in [6.45, 7) is 0. The molecular weight excluding hydrogens is 371 g/mol. The van der Waals surface area contributed by atoms with Crippen LogP contribution in [0.3, 0.4) is 0 Å². The number of benzene rings is 1. The number of nitrogens with one attached hydrogen (secondary N) is 1. The standard InChI is InChI=1S/C18H10Cl2N6/c19-13-4-1-5-14(20)16(13)26(17-11(9-21)3-2-7-22-17)18-12-10-24-25-15(12)6-8-23-18/h1-8,10H,(H,24,25). The van der Waals surface area contributed by atoms with Gasteiger partial charge in [0.05, 0.1) is 38.4 Å². The second kappa shape index (κ2) is 6.64. The zero-order chi connectivity index (χ0) is 18.1. The second-order valence-electron chi connectivity index (χ2n) is 5.36. The molecular formula is C18H10Cl2N6. The molecule has 6 nitrogen and oxygen atoms in total. The molecule has 26 heavy (non-hydrogen) atoms. The van der Waals surface area contributed by atoms with E-state index in [1.54, 1.807) is 53.8 Å². The van der Waals surface area contributed by atoms with Crippen molar-refractivity contribution in [1.29, 1.82) is 5.26 Å². The number of hydrogen-bond acceptors (Lipinski definition) is 5. The highest BCUT2D eigenvalue weighted by atomic mass is 35.5. The van der Waals surface area contributed by atoms with E-state index in [4.69, 9.17) is 23.2 Å². The highest BCUT2D eigenvalue weighted by molar-refractivity contribution is 6.39. The van der Waals surface area contributed by atoms with Crippen LogP contribution in [-0.4, -0.2) is 20.2 Å². The normalized spacial score (nSPS) is 10.7. The first-order valence-corrected chi connectivity index (χ1v) is 8.33. The van der Waals surface area contributed by atoms with Crippen LogP contribution in [0.15, 0.2) is 55.0 Å².